The van der Waals surface area contributed by atoms with Gasteiger partial charge >= 0.3 is 0 Å². The molecule has 0 spiro atoms. The van der Waals surface area contributed by atoms with Gasteiger partial charge < -0.3 is 14.6 Å². The first-order valence-electron chi connectivity index (χ1n) is 4.72. The van der Waals surface area contributed by atoms with Crippen molar-refractivity contribution in [3.8, 4) is 0 Å². The Morgan fingerprint density at radius 3 is 2.62 bits per heavy atom. The Morgan fingerprint density at radius 2 is 1.92 bits per heavy atom. The second-order valence-corrected chi connectivity index (χ2v) is 4.30. The highest BCUT2D eigenvalue weighted by Crippen LogP contribution is 2.36. The van der Waals surface area contributed by atoms with Gasteiger partial charge in [-0.05, 0) is 13.8 Å². The molecule has 1 aliphatic heterocycles. The highest BCUT2D eigenvalue weighted by atomic mass is 16.8. The van der Waals surface area contributed by atoms with Crippen molar-refractivity contribution >= 4 is 0 Å². The molecule has 0 aromatic carbocycles. The van der Waals surface area contributed by atoms with Crippen molar-refractivity contribution in [3.63, 3.8) is 0 Å². The standard InChI is InChI=1S/C10H16O3/c1-6-7(11)4-5-8-9(6)13-10(2,3)12-8/h4-9,11H,1-3H3/t6-,7?,8-,9+/m1/s1. The number of ether oxygens (including phenoxy) is 2. The SMILES string of the molecule is C[C@@H]1C(O)C=C[C@H]2OC(C)(C)O[C@@H]12. The lowest BCUT2D eigenvalue weighted by Crippen LogP contribution is -2.38. The van der Waals surface area contributed by atoms with Crippen LogP contribution in [0.3, 0.4) is 0 Å². The second-order valence-electron chi connectivity index (χ2n) is 4.30. The maximum Gasteiger partial charge on any atom is 0.164 e. The summed E-state index contributed by atoms with van der Waals surface area (Å²) < 4.78 is 11.4. The van der Waals surface area contributed by atoms with Gasteiger partial charge in [0.25, 0.3) is 0 Å². The monoisotopic (exact) mass is 184 g/mol. The smallest absolute Gasteiger partial charge is 0.164 e. The van der Waals surface area contributed by atoms with Crippen LogP contribution in [-0.4, -0.2) is 29.2 Å². The lowest BCUT2D eigenvalue weighted by molar-refractivity contribution is -0.149. The van der Waals surface area contributed by atoms with Crippen LogP contribution < -0.4 is 0 Å². The average Bonchev–Trinajstić information content (AvgIpc) is 2.34. The fraction of sp³-hybridized carbons (Fsp3) is 0.800. The van der Waals surface area contributed by atoms with Gasteiger partial charge in [0.2, 0.25) is 0 Å². The molecule has 0 aromatic heterocycles. The van der Waals surface area contributed by atoms with E-state index in [9.17, 15) is 5.11 Å². The molecule has 13 heavy (non-hydrogen) atoms. The molecule has 0 radical (unpaired) electrons. The highest BCUT2D eigenvalue weighted by molar-refractivity contribution is 5.09. The van der Waals surface area contributed by atoms with E-state index in [0.717, 1.165) is 0 Å². The maximum absolute atomic E-state index is 9.57. The van der Waals surface area contributed by atoms with Gasteiger partial charge in [-0.15, -0.1) is 0 Å². The average molecular weight is 184 g/mol. The number of aliphatic hydroxyl groups excluding tert-OH is 1. The van der Waals surface area contributed by atoms with Crippen molar-refractivity contribution in [1.82, 2.24) is 0 Å². The van der Waals surface area contributed by atoms with Gasteiger partial charge in [0.05, 0.1) is 12.2 Å². The van der Waals surface area contributed by atoms with Gasteiger partial charge in [0.15, 0.2) is 5.79 Å². The summed E-state index contributed by atoms with van der Waals surface area (Å²) in [6, 6.07) is 0. The van der Waals surface area contributed by atoms with Crippen molar-refractivity contribution in [3.05, 3.63) is 12.2 Å². The molecule has 1 heterocycles. The molecule has 74 valence electrons. The molecule has 2 aliphatic rings. The normalized spacial score (nSPS) is 47.7. The van der Waals surface area contributed by atoms with Gasteiger partial charge in [0.1, 0.15) is 6.10 Å². The Labute approximate surface area is 78.3 Å². The zero-order valence-corrected chi connectivity index (χ0v) is 8.23. The van der Waals surface area contributed by atoms with Crippen molar-refractivity contribution < 1.29 is 14.6 Å². The van der Waals surface area contributed by atoms with Crippen LogP contribution in [0.4, 0.5) is 0 Å². The third-order valence-electron chi connectivity index (χ3n) is 2.72. The first-order chi connectivity index (χ1) is 5.99. The molecule has 1 N–H and O–H groups in total. The summed E-state index contributed by atoms with van der Waals surface area (Å²) >= 11 is 0. The van der Waals surface area contributed by atoms with E-state index in [1.54, 1.807) is 6.08 Å². The molecule has 4 atom stereocenters. The summed E-state index contributed by atoms with van der Waals surface area (Å²) in [5, 5.41) is 9.57. The van der Waals surface area contributed by atoms with Crippen LogP contribution in [0.25, 0.3) is 0 Å². The molecule has 1 unspecified atom stereocenters. The third kappa shape index (κ3) is 1.52. The van der Waals surface area contributed by atoms with Crippen molar-refractivity contribution in [2.75, 3.05) is 0 Å². The lowest BCUT2D eigenvalue weighted by atomic mass is 9.89. The van der Waals surface area contributed by atoms with Gasteiger partial charge in [0, 0.05) is 5.92 Å². The molecule has 1 fully saturated rings. The van der Waals surface area contributed by atoms with E-state index in [4.69, 9.17) is 9.47 Å². The highest BCUT2D eigenvalue weighted by Gasteiger charge is 2.45. The van der Waals surface area contributed by atoms with Crippen LogP contribution in [0.15, 0.2) is 12.2 Å². The molecule has 1 aliphatic carbocycles. The topological polar surface area (TPSA) is 38.7 Å². The Bertz CT molecular complexity index is 234. The van der Waals surface area contributed by atoms with E-state index < -0.39 is 11.9 Å². The first-order valence-corrected chi connectivity index (χ1v) is 4.72. The largest absolute Gasteiger partial charge is 0.389 e. The Balaban J connectivity index is 2.19. The Hall–Kier alpha value is -0.380. The van der Waals surface area contributed by atoms with E-state index in [1.165, 1.54) is 0 Å². The second kappa shape index (κ2) is 2.80. The molecule has 1 saturated heterocycles. The van der Waals surface area contributed by atoms with Crippen LogP contribution in [0, 0.1) is 5.92 Å². The fourth-order valence-corrected chi connectivity index (χ4v) is 1.97. The summed E-state index contributed by atoms with van der Waals surface area (Å²) in [5.74, 6) is -0.408. The van der Waals surface area contributed by atoms with Crippen LogP contribution >= 0.6 is 0 Å². The van der Waals surface area contributed by atoms with Crippen molar-refractivity contribution in [2.24, 2.45) is 5.92 Å². The molecule has 0 saturated carbocycles. The summed E-state index contributed by atoms with van der Waals surface area (Å²) in [4.78, 5) is 0. The van der Waals surface area contributed by atoms with Crippen LogP contribution in [0.2, 0.25) is 0 Å². The fourth-order valence-electron chi connectivity index (χ4n) is 1.97. The zero-order chi connectivity index (χ0) is 9.64. The van der Waals surface area contributed by atoms with E-state index in [0.29, 0.717) is 0 Å². The van der Waals surface area contributed by atoms with E-state index >= 15 is 0 Å². The molecular formula is C10H16O3. The van der Waals surface area contributed by atoms with Crippen molar-refractivity contribution in [2.45, 2.75) is 44.9 Å². The van der Waals surface area contributed by atoms with Gasteiger partial charge in [-0.2, -0.15) is 0 Å². The van der Waals surface area contributed by atoms with E-state index in [1.807, 2.05) is 26.8 Å². The zero-order valence-electron chi connectivity index (χ0n) is 8.23. The summed E-state index contributed by atoms with van der Waals surface area (Å²) in [6.07, 6.45) is 3.28. The summed E-state index contributed by atoms with van der Waals surface area (Å²) in [5.41, 5.74) is 0. The molecule has 0 amide bonds. The molecular weight excluding hydrogens is 168 g/mol. The first kappa shape index (κ1) is 9.19. The minimum absolute atomic E-state index is 0.00463. The van der Waals surface area contributed by atoms with Crippen molar-refractivity contribution in [1.29, 1.82) is 0 Å². The summed E-state index contributed by atoms with van der Waals surface area (Å²) in [6.45, 7) is 5.78. The van der Waals surface area contributed by atoms with Gasteiger partial charge in [-0.3, -0.25) is 0 Å². The molecule has 0 aromatic rings. The van der Waals surface area contributed by atoms with Crippen LogP contribution in [0.5, 0.6) is 0 Å². The predicted octanol–water partition coefficient (Wildman–Crippen LogP) is 1.07. The number of rotatable bonds is 0. The lowest BCUT2D eigenvalue weighted by Gasteiger charge is -2.28. The molecule has 3 nitrogen and oxygen atoms in total. The minimum Gasteiger partial charge on any atom is -0.389 e. The quantitative estimate of drug-likeness (QED) is 0.572. The number of aliphatic hydroxyl groups is 1. The maximum atomic E-state index is 9.57. The number of fused-ring (bicyclic) bond motifs is 1. The van der Waals surface area contributed by atoms with Gasteiger partial charge in [-0.25, -0.2) is 0 Å². The van der Waals surface area contributed by atoms with Gasteiger partial charge in [-0.1, -0.05) is 19.1 Å². The van der Waals surface area contributed by atoms with E-state index in [2.05, 4.69) is 0 Å². The minimum atomic E-state index is -0.516. The Kier molecular flexibility index (Phi) is 1.98. The molecule has 3 heteroatoms. The molecule has 0 bridgehead atoms. The number of hydrogen-bond acceptors (Lipinski definition) is 3. The third-order valence-corrected chi connectivity index (χ3v) is 2.72. The van der Waals surface area contributed by atoms with Crippen LogP contribution in [-0.2, 0) is 9.47 Å². The molecule has 2 rings (SSSR count). The van der Waals surface area contributed by atoms with Crippen LogP contribution in [0.1, 0.15) is 20.8 Å². The Morgan fingerprint density at radius 1 is 1.23 bits per heavy atom. The number of hydrogen-bond donors (Lipinski definition) is 1. The predicted molar refractivity (Wildman–Crippen MR) is 48.1 cm³/mol. The van der Waals surface area contributed by atoms with E-state index in [-0.39, 0.29) is 18.1 Å². The summed E-state index contributed by atoms with van der Waals surface area (Å²) in [7, 11) is 0.